The average molecular weight is 342 g/mol. The highest BCUT2D eigenvalue weighted by Crippen LogP contribution is 2.35. The summed E-state index contributed by atoms with van der Waals surface area (Å²) in [5, 5.41) is 1.02. The molecule has 0 bridgehead atoms. The van der Waals surface area contributed by atoms with Gasteiger partial charge in [0.1, 0.15) is 14.8 Å². The Morgan fingerprint density at radius 1 is 1.27 bits per heavy atom. The maximum atomic E-state index is 12.9. The van der Waals surface area contributed by atoms with Crippen molar-refractivity contribution in [3.63, 3.8) is 0 Å². The van der Waals surface area contributed by atoms with Crippen LogP contribution in [0, 0.1) is 12.8 Å². The van der Waals surface area contributed by atoms with Gasteiger partial charge in [-0.2, -0.15) is 0 Å². The molecule has 2 aliphatic heterocycles. The molecule has 0 N–H and O–H groups in total. The third-order valence-electron chi connectivity index (χ3n) is 4.61. The predicted molar refractivity (Wildman–Crippen MR) is 86.5 cm³/mol. The van der Waals surface area contributed by atoms with Gasteiger partial charge in [-0.1, -0.05) is 0 Å². The second kappa shape index (κ2) is 6.28. The summed E-state index contributed by atoms with van der Waals surface area (Å²) >= 11 is 1.66. The second-order valence-corrected chi connectivity index (χ2v) is 9.85. The molecule has 2 aliphatic rings. The van der Waals surface area contributed by atoms with Gasteiger partial charge in [0.2, 0.25) is 5.91 Å². The molecule has 0 spiro atoms. The number of amides is 1. The Labute approximate surface area is 135 Å². The average Bonchev–Trinajstić information content (AvgIpc) is 2.93. The number of carbonyl (C=O) groups excluding carboxylic acids is 1. The SMILES string of the molecule is Cc1cnc(C2CCCCN2C(=O)C2CCS(=O)(=O)CC2)s1. The molecular weight excluding hydrogens is 320 g/mol. The molecule has 0 radical (unpaired) electrons. The van der Waals surface area contributed by atoms with Crippen molar-refractivity contribution >= 4 is 27.1 Å². The first-order valence-electron chi connectivity index (χ1n) is 7.89. The van der Waals surface area contributed by atoms with E-state index in [1.165, 1.54) is 0 Å². The van der Waals surface area contributed by atoms with Gasteiger partial charge in [0, 0.05) is 23.5 Å². The molecule has 3 rings (SSSR count). The second-order valence-electron chi connectivity index (χ2n) is 6.28. The van der Waals surface area contributed by atoms with Crippen molar-refractivity contribution in [1.82, 2.24) is 9.88 Å². The van der Waals surface area contributed by atoms with E-state index in [1.807, 2.05) is 18.0 Å². The minimum Gasteiger partial charge on any atom is -0.333 e. The summed E-state index contributed by atoms with van der Waals surface area (Å²) < 4.78 is 23.1. The van der Waals surface area contributed by atoms with Gasteiger partial charge in [0.05, 0.1) is 17.5 Å². The van der Waals surface area contributed by atoms with Gasteiger partial charge in [0.15, 0.2) is 0 Å². The van der Waals surface area contributed by atoms with Gasteiger partial charge in [-0.05, 0) is 39.0 Å². The molecule has 7 heteroatoms. The largest absolute Gasteiger partial charge is 0.333 e. The maximum Gasteiger partial charge on any atom is 0.226 e. The Balaban J connectivity index is 1.74. The molecule has 22 heavy (non-hydrogen) atoms. The molecule has 5 nitrogen and oxygen atoms in total. The quantitative estimate of drug-likeness (QED) is 0.827. The minimum atomic E-state index is -2.92. The molecule has 2 fully saturated rings. The number of hydrogen-bond acceptors (Lipinski definition) is 5. The lowest BCUT2D eigenvalue weighted by atomic mass is 9.96. The van der Waals surface area contributed by atoms with Gasteiger partial charge >= 0.3 is 0 Å². The Kier molecular flexibility index (Phi) is 4.54. The molecule has 0 aromatic carbocycles. The zero-order valence-electron chi connectivity index (χ0n) is 12.8. The van der Waals surface area contributed by atoms with Gasteiger partial charge in [0.25, 0.3) is 0 Å². The molecule has 1 aromatic heterocycles. The third kappa shape index (κ3) is 3.35. The van der Waals surface area contributed by atoms with E-state index in [0.29, 0.717) is 12.8 Å². The number of thiazole rings is 1. The van der Waals surface area contributed by atoms with E-state index in [-0.39, 0.29) is 29.4 Å². The first-order valence-corrected chi connectivity index (χ1v) is 10.5. The topological polar surface area (TPSA) is 67.3 Å². The Hall–Kier alpha value is -0.950. The van der Waals surface area contributed by atoms with Crippen LogP contribution in [0.5, 0.6) is 0 Å². The van der Waals surface area contributed by atoms with Gasteiger partial charge in [-0.25, -0.2) is 13.4 Å². The molecule has 1 atom stereocenters. The van der Waals surface area contributed by atoms with Gasteiger partial charge < -0.3 is 4.90 Å². The van der Waals surface area contributed by atoms with E-state index in [4.69, 9.17) is 0 Å². The van der Waals surface area contributed by atoms with Crippen molar-refractivity contribution in [3.05, 3.63) is 16.1 Å². The summed E-state index contributed by atoms with van der Waals surface area (Å²) in [6.45, 7) is 2.80. The first-order chi connectivity index (χ1) is 10.5. The molecule has 0 saturated carbocycles. The normalized spacial score (nSPS) is 26.0. The molecule has 0 aliphatic carbocycles. The number of hydrogen-bond donors (Lipinski definition) is 0. The molecule has 1 aromatic rings. The van der Waals surface area contributed by atoms with E-state index in [2.05, 4.69) is 4.98 Å². The number of piperidine rings is 1. The van der Waals surface area contributed by atoms with E-state index < -0.39 is 9.84 Å². The monoisotopic (exact) mass is 342 g/mol. The highest BCUT2D eigenvalue weighted by Gasteiger charge is 2.36. The smallest absolute Gasteiger partial charge is 0.226 e. The van der Waals surface area contributed by atoms with Crippen LogP contribution in [0.3, 0.4) is 0 Å². The number of sulfone groups is 1. The number of carbonyl (C=O) groups is 1. The number of aromatic nitrogens is 1. The molecule has 3 heterocycles. The summed E-state index contributed by atoms with van der Waals surface area (Å²) in [6, 6.07) is 0.0819. The zero-order valence-corrected chi connectivity index (χ0v) is 14.5. The van der Waals surface area contributed by atoms with Crippen molar-refractivity contribution < 1.29 is 13.2 Å². The van der Waals surface area contributed by atoms with Crippen LogP contribution in [0.2, 0.25) is 0 Å². The summed E-state index contributed by atoms with van der Waals surface area (Å²) in [5.41, 5.74) is 0. The summed E-state index contributed by atoms with van der Waals surface area (Å²) in [4.78, 5) is 20.5. The number of rotatable bonds is 2. The number of nitrogens with zero attached hydrogens (tertiary/aromatic N) is 2. The van der Waals surface area contributed by atoms with Crippen molar-refractivity contribution in [2.75, 3.05) is 18.1 Å². The van der Waals surface area contributed by atoms with Crippen LogP contribution in [-0.4, -0.2) is 42.3 Å². The van der Waals surface area contributed by atoms with Crippen LogP contribution in [0.25, 0.3) is 0 Å². The Morgan fingerprint density at radius 2 is 2.00 bits per heavy atom. The summed E-state index contributed by atoms with van der Waals surface area (Å²) in [7, 11) is -2.92. The van der Waals surface area contributed by atoms with Crippen LogP contribution in [0.15, 0.2) is 6.20 Å². The van der Waals surface area contributed by atoms with Crippen molar-refractivity contribution in [2.24, 2.45) is 5.92 Å². The summed E-state index contributed by atoms with van der Waals surface area (Å²) in [6.07, 6.45) is 5.92. The summed E-state index contributed by atoms with van der Waals surface area (Å²) in [5.74, 6) is 0.300. The Bertz CT molecular complexity index is 639. The third-order valence-corrected chi connectivity index (χ3v) is 7.34. The molecular formula is C15H22N2O3S2. The van der Waals surface area contributed by atoms with E-state index in [1.54, 1.807) is 11.3 Å². The number of aryl methyl sites for hydroxylation is 1. The molecule has 1 amide bonds. The van der Waals surface area contributed by atoms with Gasteiger partial charge in [-0.3, -0.25) is 4.79 Å². The van der Waals surface area contributed by atoms with Crippen LogP contribution < -0.4 is 0 Å². The molecule has 122 valence electrons. The standard InChI is InChI=1S/C15H22N2O3S2/c1-11-10-16-14(21-11)13-4-2-3-7-17(13)15(18)12-5-8-22(19,20)9-6-12/h10,12-13H,2-9H2,1H3. The fourth-order valence-electron chi connectivity index (χ4n) is 3.35. The fourth-order valence-corrected chi connectivity index (χ4v) is 5.76. The predicted octanol–water partition coefficient (Wildman–Crippen LogP) is 2.33. The van der Waals surface area contributed by atoms with Crippen LogP contribution in [-0.2, 0) is 14.6 Å². The molecule has 1 unspecified atom stereocenters. The van der Waals surface area contributed by atoms with Crippen LogP contribution in [0.1, 0.15) is 48.0 Å². The molecule has 2 saturated heterocycles. The lowest BCUT2D eigenvalue weighted by Gasteiger charge is -2.37. The van der Waals surface area contributed by atoms with Gasteiger partial charge in [-0.15, -0.1) is 11.3 Å². The van der Waals surface area contributed by atoms with E-state index >= 15 is 0 Å². The highest BCUT2D eigenvalue weighted by molar-refractivity contribution is 7.91. The van der Waals surface area contributed by atoms with Crippen molar-refractivity contribution in [2.45, 2.75) is 45.1 Å². The van der Waals surface area contributed by atoms with Crippen molar-refractivity contribution in [1.29, 1.82) is 0 Å². The van der Waals surface area contributed by atoms with Crippen LogP contribution >= 0.6 is 11.3 Å². The first kappa shape index (κ1) is 15.9. The maximum absolute atomic E-state index is 12.9. The van der Waals surface area contributed by atoms with Crippen molar-refractivity contribution in [3.8, 4) is 0 Å². The number of likely N-dealkylation sites (tertiary alicyclic amines) is 1. The van der Waals surface area contributed by atoms with E-state index in [9.17, 15) is 13.2 Å². The fraction of sp³-hybridized carbons (Fsp3) is 0.733. The highest BCUT2D eigenvalue weighted by atomic mass is 32.2. The zero-order chi connectivity index (χ0) is 15.7. The minimum absolute atomic E-state index is 0.0819. The van der Waals surface area contributed by atoms with E-state index in [0.717, 1.165) is 35.7 Å². The van der Waals surface area contributed by atoms with Crippen LogP contribution in [0.4, 0.5) is 0 Å². The lowest BCUT2D eigenvalue weighted by molar-refractivity contribution is -0.139. The Morgan fingerprint density at radius 3 is 2.64 bits per heavy atom. The lowest BCUT2D eigenvalue weighted by Crippen LogP contribution is -2.44.